The molecule has 1 aromatic carbocycles. The molecule has 0 amide bonds. The molecule has 0 spiro atoms. The maximum Gasteiger partial charge on any atom is 0.308 e. The molecule has 0 aliphatic carbocycles. The van der Waals surface area contributed by atoms with Gasteiger partial charge in [-0.05, 0) is 18.6 Å². The van der Waals surface area contributed by atoms with Crippen molar-refractivity contribution in [3.8, 4) is 0 Å². The van der Waals surface area contributed by atoms with Crippen LogP contribution < -0.4 is 9.77 Å². The van der Waals surface area contributed by atoms with Crippen molar-refractivity contribution >= 4 is 28.8 Å². The molecule has 1 aliphatic rings. The van der Waals surface area contributed by atoms with Crippen LogP contribution in [0.1, 0.15) is 31.5 Å². The molecule has 1 aromatic heterocycles. The number of ether oxygens (including phenoxy) is 1. The maximum atomic E-state index is 12.4. The summed E-state index contributed by atoms with van der Waals surface area (Å²) in [5, 5.41) is 1.75. The van der Waals surface area contributed by atoms with Crippen LogP contribution in [0, 0.1) is 6.92 Å². The van der Waals surface area contributed by atoms with Crippen LogP contribution in [0.3, 0.4) is 0 Å². The molecule has 7 heteroatoms. The van der Waals surface area contributed by atoms with Crippen molar-refractivity contribution in [3.05, 3.63) is 62.3 Å². The zero-order valence-electron chi connectivity index (χ0n) is 16.5. The van der Waals surface area contributed by atoms with Gasteiger partial charge < -0.3 is 14.2 Å². The van der Waals surface area contributed by atoms with Gasteiger partial charge >= 0.3 is 10.8 Å². The van der Waals surface area contributed by atoms with E-state index < -0.39 is 5.97 Å². The fourth-order valence-corrected chi connectivity index (χ4v) is 4.32. The van der Waals surface area contributed by atoms with Crippen LogP contribution >= 0.6 is 11.3 Å². The van der Waals surface area contributed by atoms with Gasteiger partial charge in [0.05, 0.1) is 6.42 Å². The number of likely N-dealkylation sites (N-methyl/N-ethyl adjacent to an activating group) is 1. The minimum atomic E-state index is -0.494. The smallest absolute Gasteiger partial charge is 0.308 e. The first kappa shape index (κ1) is 20.1. The van der Waals surface area contributed by atoms with Gasteiger partial charge in [0, 0.05) is 47.5 Å². The quantitative estimate of drug-likeness (QED) is 0.551. The highest BCUT2D eigenvalue weighted by molar-refractivity contribution is 7.07. The van der Waals surface area contributed by atoms with E-state index in [0.29, 0.717) is 0 Å². The standard InChI is InChI=1S/C21H24N2O4S/c1-14-13-28-20(26)23(14)10-9-19(25)27-12-15(24)11-18-21(2,3)16-7-5-6-8-17(16)22(18)4/h5-8,11,13H,9-10,12H2,1-4H3. The van der Waals surface area contributed by atoms with E-state index in [2.05, 4.69) is 19.9 Å². The predicted octanol–water partition coefficient (Wildman–Crippen LogP) is 3.03. The van der Waals surface area contributed by atoms with Crippen molar-refractivity contribution in [1.82, 2.24) is 4.57 Å². The predicted molar refractivity (Wildman–Crippen MR) is 110 cm³/mol. The van der Waals surface area contributed by atoms with E-state index in [1.807, 2.05) is 37.1 Å². The number of aromatic nitrogens is 1. The average Bonchev–Trinajstić information content (AvgIpc) is 3.08. The molecule has 0 N–H and O–H groups in total. The van der Waals surface area contributed by atoms with Crippen LogP contribution in [-0.4, -0.2) is 30.0 Å². The number of esters is 1. The summed E-state index contributed by atoms with van der Waals surface area (Å²) < 4.78 is 6.64. The van der Waals surface area contributed by atoms with Gasteiger partial charge in [0.15, 0.2) is 12.4 Å². The summed E-state index contributed by atoms with van der Waals surface area (Å²) in [7, 11) is 1.93. The molecule has 0 bridgehead atoms. The third-order valence-electron chi connectivity index (χ3n) is 5.13. The molecule has 0 radical (unpaired) electrons. The van der Waals surface area contributed by atoms with Gasteiger partial charge in [-0.15, -0.1) is 0 Å². The second kappa shape index (κ2) is 7.75. The van der Waals surface area contributed by atoms with Crippen molar-refractivity contribution in [2.24, 2.45) is 0 Å². The number of ketones is 1. The zero-order chi connectivity index (χ0) is 20.5. The number of benzene rings is 1. The van der Waals surface area contributed by atoms with E-state index in [1.54, 1.807) is 11.5 Å². The molecule has 6 nitrogen and oxygen atoms in total. The van der Waals surface area contributed by atoms with Crippen LogP contribution in [0.5, 0.6) is 0 Å². The van der Waals surface area contributed by atoms with Crippen molar-refractivity contribution in [3.63, 3.8) is 0 Å². The van der Waals surface area contributed by atoms with Crippen molar-refractivity contribution in [2.45, 2.75) is 39.2 Å². The first-order chi connectivity index (χ1) is 13.2. The SMILES string of the molecule is Cc1csc(=O)n1CCC(=O)OCC(=O)C=C1N(C)c2ccccc2C1(C)C. The Hall–Kier alpha value is -2.67. The lowest BCUT2D eigenvalue weighted by Crippen LogP contribution is -2.25. The lowest BCUT2D eigenvalue weighted by atomic mass is 9.83. The first-order valence-electron chi connectivity index (χ1n) is 9.10. The van der Waals surface area contributed by atoms with Gasteiger partial charge in [0.2, 0.25) is 0 Å². The van der Waals surface area contributed by atoms with E-state index >= 15 is 0 Å². The molecule has 2 heterocycles. The maximum absolute atomic E-state index is 12.4. The Morgan fingerprint density at radius 3 is 2.61 bits per heavy atom. The second-order valence-electron chi connectivity index (χ2n) is 7.40. The number of thiazole rings is 1. The lowest BCUT2D eigenvalue weighted by molar-refractivity contribution is -0.147. The number of allylic oxidation sites excluding steroid dienone is 1. The highest BCUT2D eigenvalue weighted by Gasteiger charge is 2.38. The summed E-state index contributed by atoms with van der Waals surface area (Å²) in [4.78, 5) is 37.9. The van der Waals surface area contributed by atoms with Crippen LogP contribution in [0.2, 0.25) is 0 Å². The number of anilines is 1. The highest BCUT2D eigenvalue weighted by Crippen LogP contribution is 2.46. The Morgan fingerprint density at radius 2 is 1.96 bits per heavy atom. The molecule has 148 valence electrons. The molecule has 1 aliphatic heterocycles. The van der Waals surface area contributed by atoms with Crippen LogP contribution in [0.15, 0.2) is 46.2 Å². The second-order valence-corrected chi connectivity index (χ2v) is 8.22. The van der Waals surface area contributed by atoms with Crippen molar-refractivity contribution < 1.29 is 14.3 Å². The molecule has 0 atom stereocenters. The number of para-hydroxylation sites is 1. The number of hydrogen-bond donors (Lipinski definition) is 0. The zero-order valence-corrected chi connectivity index (χ0v) is 17.3. The normalized spacial score (nSPS) is 16.3. The molecular weight excluding hydrogens is 376 g/mol. The third-order valence-corrected chi connectivity index (χ3v) is 6.01. The Morgan fingerprint density at radius 1 is 1.25 bits per heavy atom. The lowest BCUT2D eigenvalue weighted by Gasteiger charge is -2.23. The van der Waals surface area contributed by atoms with Gasteiger partial charge in [0.1, 0.15) is 0 Å². The number of fused-ring (bicyclic) bond motifs is 1. The van der Waals surface area contributed by atoms with E-state index in [9.17, 15) is 14.4 Å². The minimum absolute atomic E-state index is 0.0537. The summed E-state index contributed by atoms with van der Waals surface area (Å²) in [5.41, 5.74) is 3.61. The van der Waals surface area contributed by atoms with E-state index in [1.165, 1.54) is 4.57 Å². The van der Waals surface area contributed by atoms with E-state index in [0.717, 1.165) is 34.0 Å². The van der Waals surface area contributed by atoms with Crippen LogP contribution in [-0.2, 0) is 26.3 Å². The monoisotopic (exact) mass is 400 g/mol. The van der Waals surface area contributed by atoms with Crippen molar-refractivity contribution in [1.29, 1.82) is 0 Å². The Bertz CT molecular complexity index is 1000. The van der Waals surface area contributed by atoms with Gasteiger partial charge in [-0.3, -0.25) is 14.4 Å². The molecule has 0 saturated carbocycles. The summed E-state index contributed by atoms with van der Waals surface area (Å²) >= 11 is 1.10. The molecular formula is C21H24N2O4S. The van der Waals surface area contributed by atoms with Crippen LogP contribution in [0.4, 0.5) is 5.69 Å². The summed E-state index contributed by atoms with van der Waals surface area (Å²) in [5.74, 6) is -0.758. The summed E-state index contributed by atoms with van der Waals surface area (Å²) in [6.07, 6.45) is 1.61. The topological polar surface area (TPSA) is 68.6 Å². The Labute approximate surface area is 168 Å². The first-order valence-corrected chi connectivity index (χ1v) is 9.98. The van der Waals surface area contributed by atoms with Gasteiger partial charge in [0.25, 0.3) is 0 Å². The summed E-state index contributed by atoms with van der Waals surface area (Å²) in [6.45, 7) is 5.91. The number of rotatable bonds is 6. The van der Waals surface area contributed by atoms with Crippen molar-refractivity contribution in [2.75, 3.05) is 18.6 Å². The number of aryl methyl sites for hydroxylation is 1. The molecule has 2 aromatic rings. The third kappa shape index (κ3) is 3.80. The molecule has 0 unspecified atom stereocenters. The summed E-state index contributed by atoms with van der Waals surface area (Å²) in [6, 6.07) is 8.04. The van der Waals surface area contributed by atoms with Crippen LogP contribution in [0.25, 0.3) is 0 Å². The number of carbonyl (C=O) groups excluding carboxylic acids is 2. The van der Waals surface area contributed by atoms with Gasteiger partial charge in [-0.25, -0.2) is 0 Å². The number of carbonyl (C=O) groups is 2. The number of hydrogen-bond acceptors (Lipinski definition) is 6. The Balaban J connectivity index is 1.60. The fourth-order valence-electron chi connectivity index (χ4n) is 3.55. The fraction of sp³-hybridized carbons (Fsp3) is 0.381. The van der Waals surface area contributed by atoms with Gasteiger partial charge in [-0.1, -0.05) is 43.4 Å². The highest BCUT2D eigenvalue weighted by atomic mass is 32.1. The Kier molecular flexibility index (Phi) is 5.56. The van der Waals surface area contributed by atoms with E-state index in [4.69, 9.17) is 4.74 Å². The molecule has 3 rings (SSSR count). The number of nitrogens with zero attached hydrogens (tertiary/aromatic N) is 2. The molecule has 0 fully saturated rings. The van der Waals surface area contributed by atoms with Gasteiger partial charge in [-0.2, -0.15) is 0 Å². The molecule has 0 saturated heterocycles. The molecule has 28 heavy (non-hydrogen) atoms. The largest absolute Gasteiger partial charge is 0.457 e. The van der Waals surface area contributed by atoms with E-state index in [-0.39, 0.29) is 35.6 Å². The average molecular weight is 401 g/mol. The minimum Gasteiger partial charge on any atom is -0.457 e.